The van der Waals surface area contributed by atoms with Gasteiger partial charge in [-0.25, -0.2) is 9.78 Å². The Bertz CT molecular complexity index is 1220. The van der Waals surface area contributed by atoms with Crippen LogP contribution in [0.5, 0.6) is 0 Å². The Labute approximate surface area is 200 Å². The molecule has 172 valence electrons. The number of pyridine rings is 1. The van der Waals surface area contributed by atoms with Gasteiger partial charge in [0.05, 0.1) is 17.1 Å². The predicted molar refractivity (Wildman–Crippen MR) is 132 cm³/mol. The smallest absolute Gasteiger partial charge is 0.409 e. The lowest BCUT2D eigenvalue weighted by atomic mass is 10.2. The van der Waals surface area contributed by atoms with Crippen LogP contribution in [0.1, 0.15) is 12.5 Å². The summed E-state index contributed by atoms with van der Waals surface area (Å²) in [7, 11) is 0. The number of hydrogen-bond donors (Lipinski definition) is 0. The largest absolute Gasteiger partial charge is 0.450 e. The maximum atomic E-state index is 13.4. The Morgan fingerprint density at radius 1 is 1.27 bits per heavy atom. The molecule has 0 aromatic carbocycles. The third kappa shape index (κ3) is 4.51. The highest BCUT2D eigenvalue weighted by Gasteiger charge is 2.32. The van der Waals surface area contributed by atoms with Crippen LogP contribution in [0.15, 0.2) is 46.8 Å². The maximum Gasteiger partial charge on any atom is 0.409 e. The van der Waals surface area contributed by atoms with Crippen molar-refractivity contribution in [2.45, 2.75) is 6.92 Å². The molecule has 0 bridgehead atoms. The highest BCUT2D eigenvalue weighted by atomic mass is 32.2. The molecule has 0 unspecified atom stereocenters. The van der Waals surface area contributed by atoms with E-state index in [1.165, 1.54) is 9.30 Å². The van der Waals surface area contributed by atoms with E-state index in [1.807, 2.05) is 11.0 Å². The van der Waals surface area contributed by atoms with E-state index in [9.17, 15) is 14.4 Å². The minimum Gasteiger partial charge on any atom is -0.450 e. The minimum absolute atomic E-state index is 0.263. The lowest BCUT2D eigenvalue weighted by Gasteiger charge is -2.35. The third-order valence-electron chi connectivity index (χ3n) is 5.31. The van der Waals surface area contributed by atoms with Crippen LogP contribution in [0.25, 0.3) is 11.7 Å². The molecule has 0 aliphatic carbocycles. The molecule has 0 N–H and O–H groups in total. The van der Waals surface area contributed by atoms with Gasteiger partial charge in [0.2, 0.25) is 0 Å². The number of fused-ring (bicyclic) bond motifs is 1. The van der Waals surface area contributed by atoms with E-state index in [0.29, 0.717) is 65.6 Å². The Balaban J connectivity index is 1.73. The molecule has 0 radical (unpaired) electrons. The number of nitrogens with zero attached hydrogens (tertiary/aromatic N) is 5. The van der Waals surface area contributed by atoms with Gasteiger partial charge in [-0.2, -0.15) is 0 Å². The van der Waals surface area contributed by atoms with E-state index < -0.39 is 0 Å². The molecule has 2 aromatic heterocycles. The Kier molecular flexibility index (Phi) is 6.80. The second-order valence-electron chi connectivity index (χ2n) is 7.34. The molecule has 0 saturated carbocycles. The van der Waals surface area contributed by atoms with Gasteiger partial charge < -0.3 is 14.5 Å². The molecule has 2 aliphatic rings. The number of anilines is 1. The van der Waals surface area contributed by atoms with Gasteiger partial charge in [-0.3, -0.25) is 18.9 Å². The fraction of sp³-hybridized carbons (Fsp3) is 0.318. The van der Waals surface area contributed by atoms with Crippen molar-refractivity contribution in [2.75, 3.05) is 44.2 Å². The number of aromatic nitrogens is 2. The number of amides is 2. The molecule has 2 amide bonds. The van der Waals surface area contributed by atoms with Gasteiger partial charge in [0.25, 0.3) is 11.5 Å². The topological polar surface area (TPSA) is 87.5 Å². The number of carbonyl (C=O) groups is 2. The average Bonchev–Trinajstić information content (AvgIpc) is 3.09. The summed E-state index contributed by atoms with van der Waals surface area (Å²) in [5.41, 5.74) is 0.529. The molecule has 4 heterocycles. The molecule has 2 fully saturated rings. The Hall–Kier alpha value is -3.18. The van der Waals surface area contributed by atoms with E-state index >= 15 is 0 Å². The van der Waals surface area contributed by atoms with Crippen LogP contribution in [0.4, 0.5) is 10.6 Å². The molecule has 2 aromatic rings. The first-order chi connectivity index (χ1) is 15.9. The van der Waals surface area contributed by atoms with Crippen LogP contribution >= 0.6 is 24.0 Å². The monoisotopic (exact) mass is 485 g/mol. The van der Waals surface area contributed by atoms with E-state index in [2.05, 4.69) is 6.58 Å². The summed E-state index contributed by atoms with van der Waals surface area (Å²) in [5.74, 6) is 0.212. The van der Waals surface area contributed by atoms with Gasteiger partial charge >= 0.3 is 6.09 Å². The van der Waals surface area contributed by atoms with E-state index in [0.717, 1.165) is 11.8 Å². The normalized spacial score (nSPS) is 17.8. The van der Waals surface area contributed by atoms with Crippen LogP contribution in [-0.2, 0) is 9.53 Å². The van der Waals surface area contributed by atoms with E-state index in [1.54, 1.807) is 42.3 Å². The number of piperazine rings is 1. The first kappa shape index (κ1) is 23.0. The minimum atomic E-state index is -0.352. The van der Waals surface area contributed by atoms with Gasteiger partial charge in [0.15, 0.2) is 0 Å². The summed E-state index contributed by atoms with van der Waals surface area (Å²) in [6, 6.07) is 5.32. The van der Waals surface area contributed by atoms with Crippen molar-refractivity contribution in [2.24, 2.45) is 0 Å². The summed E-state index contributed by atoms with van der Waals surface area (Å²) < 4.78 is 6.96. The molecule has 2 saturated heterocycles. The number of ether oxygens (including phenoxy) is 1. The first-order valence-electron chi connectivity index (χ1n) is 10.5. The van der Waals surface area contributed by atoms with Crippen molar-refractivity contribution >= 4 is 57.8 Å². The number of thiocarbonyl (C=S) groups is 1. The van der Waals surface area contributed by atoms with Crippen LogP contribution in [0, 0.1) is 0 Å². The lowest BCUT2D eigenvalue weighted by molar-refractivity contribution is -0.121. The maximum absolute atomic E-state index is 13.4. The molecule has 0 spiro atoms. The molecule has 0 atom stereocenters. The summed E-state index contributed by atoms with van der Waals surface area (Å²) in [6.45, 7) is 7.89. The lowest BCUT2D eigenvalue weighted by Crippen LogP contribution is -2.49. The highest BCUT2D eigenvalue weighted by molar-refractivity contribution is 8.26. The van der Waals surface area contributed by atoms with Crippen LogP contribution in [0.2, 0.25) is 0 Å². The quantitative estimate of drug-likeness (QED) is 0.362. The van der Waals surface area contributed by atoms with E-state index in [4.69, 9.17) is 21.9 Å². The van der Waals surface area contributed by atoms with Gasteiger partial charge in [-0.15, -0.1) is 6.58 Å². The summed E-state index contributed by atoms with van der Waals surface area (Å²) >= 11 is 6.48. The molecular formula is C22H23N5O4S2. The van der Waals surface area contributed by atoms with Crippen LogP contribution < -0.4 is 10.5 Å². The van der Waals surface area contributed by atoms with E-state index in [-0.39, 0.29) is 17.6 Å². The van der Waals surface area contributed by atoms with Gasteiger partial charge in [-0.05, 0) is 25.1 Å². The standard InChI is InChI=1S/C22H23N5O4S2/c1-3-8-27-20(29)16(33-22(27)32)14-15-18(23-17-7-5-6-9-26(17)19(15)28)24-10-12-25(13-11-24)21(30)31-4-2/h3,5-7,9,14H,1,4,8,10-13H2,2H3/b16-14+. The van der Waals surface area contributed by atoms with Crippen molar-refractivity contribution in [1.29, 1.82) is 0 Å². The predicted octanol–water partition coefficient (Wildman–Crippen LogP) is 2.36. The van der Waals surface area contributed by atoms with Gasteiger partial charge in [0, 0.05) is 38.9 Å². The SMILES string of the molecule is C=CCN1C(=O)/C(=C\c2c(N3CCN(C(=O)OCC)CC3)nc3ccccn3c2=O)SC1=S. The summed E-state index contributed by atoms with van der Waals surface area (Å²) in [5, 5.41) is 0. The fourth-order valence-corrected chi connectivity index (χ4v) is 4.95. The number of thioether (sulfide) groups is 1. The molecule has 11 heteroatoms. The first-order valence-corrected chi connectivity index (χ1v) is 11.7. The number of hydrogen-bond acceptors (Lipinski definition) is 8. The number of carbonyl (C=O) groups excluding carboxylic acids is 2. The molecule has 4 rings (SSSR count). The summed E-state index contributed by atoms with van der Waals surface area (Å²) in [6.07, 6.45) is 4.47. The Morgan fingerprint density at radius 2 is 2.03 bits per heavy atom. The van der Waals surface area contributed by atoms with Gasteiger partial charge in [-0.1, -0.05) is 36.1 Å². The zero-order valence-electron chi connectivity index (χ0n) is 18.1. The molecule has 33 heavy (non-hydrogen) atoms. The molecular weight excluding hydrogens is 462 g/mol. The average molecular weight is 486 g/mol. The highest BCUT2D eigenvalue weighted by Crippen LogP contribution is 2.33. The van der Waals surface area contributed by atoms with Crippen molar-refractivity contribution in [3.63, 3.8) is 0 Å². The van der Waals surface area contributed by atoms with Crippen LogP contribution in [-0.4, -0.2) is 74.8 Å². The second-order valence-corrected chi connectivity index (χ2v) is 9.01. The summed E-state index contributed by atoms with van der Waals surface area (Å²) in [4.78, 5) is 48.5. The zero-order valence-corrected chi connectivity index (χ0v) is 19.7. The van der Waals surface area contributed by atoms with Gasteiger partial charge in [0.1, 0.15) is 15.8 Å². The zero-order chi connectivity index (χ0) is 23.5. The Morgan fingerprint density at radius 3 is 2.73 bits per heavy atom. The fourth-order valence-electron chi connectivity index (χ4n) is 3.69. The molecule has 2 aliphatic heterocycles. The second kappa shape index (κ2) is 9.75. The van der Waals surface area contributed by atoms with Crippen molar-refractivity contribution in [1.82, 2.24) is 19.2 Å². The van der Waals surface area contributed by atoms with Crippen molar-refractivity contribution in [3.05, 3.63) is 57.9 Å². The van der Waals surface area contributed by atoms with Crippen LogP contribution in [0.3, 0.4) is 0 Å². The third-order valence-corrected chi connectivity index (χ3v) is 6.69. The van der Waals surface area contributed by atoms with Crippen molar-refractivity contribution < 1.29 is 14.3 Å². The molecule has 9 nitrogen and oxygen atoms in total. The number of rotatable bonds is 5. The van der Waals surface area contributed by atoms with Crippen molar-refractivity contribution in [3.8, 4) is 0 Å².